The van der Waals surface area contributed by atoms with Crippen LogP contribution < -0.4 is 5.32 Å². The standard InChI is InChI=1S/C17H20FN/c1-13(2)17(15-8-4-3-5-9-15)19-12-14-7-6-10-16(18)11-14/h3-11,13,17,19H,12H2,1-2H3. The minimum absolute atomic E-state index is 0.180. The first-order valence-electron chi connectivity index (χ1n) is 6.69. The third kappa shape index (κ3) is 3.90. The van der Waals surface area contributed by atoms with Gasteiger partial charge in [-0.25, -0.2) is 4.39 Å². The number of hydrogen-bond donors (Lipinski definition) is 1. The van der Waals surface area contributed by atoms with E-state index in [1.165, 1.54) is 11.6 Å². The van der Waals surface area contributed by atoms with Crippen LogP contribution in [0.15, 0.2) is 54.6 Å². The van der Waals surface area contributed by atoms with E-state index >= 15 is 0 Å². The largest absolute Gasteiger partial charge is 0.306 e. The SMILES string of the molecule is CC(C)C(NCc1cccc(F)c1)c1ccccc1. The molecule has 0 aliphatic rings. The lowest BCUT2D eigenvalue weighted by molar-refractivity contribution is 0.410. The second-order valence-corrected chi connectivity index (χ2v) is 5.14. The Morgan fingerprint density at radius 2 is 1.74 bits per heavy atom. The highest BCUT2D eigenvalue weighted by atomic mass is 19.1. The molecule has 2 rings (SSSR count). The van der Waals surface area contributed by atoms with Crippen LogP contribution in [0.2, 0.25) is 0 Å². The molecule has 1 N–H and O–H groups in total. The van der Waals surface area contributed by atoms with Gasteiger partial charge in [0.15, 0.2) is 0 Å². The Morgan fingerprint density at radius 1 is 1.00 bits per heavy atom. The number of nitrogens with one attached hydrogen (secondary N) is 1. The lowest BCUT2D eigenvalue weighted by Gasteiger charge is -2.23. The summed E-state index contributed by atoms with van der Waals surface area (Å²) in [4.78, 5) is 0. The maximum atomic E-state index is 13.1. The second-order valence-electron chi connectivity index (χ2n) is 5.14. The van der Waals surface area contributed by atoms with Crippen molar-refractivity contribution >= 4 is 0 Å². The van der Waals surface area contributed by atoms with E-state index in [0.29, 0.717) is 12.5 Å². The van der Waals surface area contributed by atoms with Gasteiger partial charge in [-0.2, -0.15) is 0 Å². The fraction of sp³-hybridized carbons (Fsp3) is 0.294. The zero-order valence-corrected chi connectivity index (χ0v) is 11.4. The molecule has 2 aromatic rings. The molecule has 1 unspecified atom stereocenters. The van der Waals surface area contributed by atoms with E-state index in [1.807, 2.05) is 12.1 Å². The van der Waals surface area contributed by atoms with Gasteiger partial charge in [0.05, 0.1) is 0 Å². The van der Waals surface area contributed by atoms with E-state index in [9.17, 15) is 4.39 Å². The summed E-state index contributed by atoms with van der Waals surface area (Å²) in [6.07, 6.45) is 0. The number of halogens is 1. The Kier molecular flexibility index (Phi) is 4.69. The van der Waals surface area contributed by atoms with Crippen LogP contribution in [0.5, 0.6) is 0 Å². The van der Waals surface area contributed by atoms with Crippen LogP contribution in [0.4, 0.5) is 4.39 Å². The van der Waals surface area contributed by atoms with Crippen molar-refractivity contribution in [2.75, 3.05) is 0 Å². The molecule has 0 aromatic heterocycles. The summed E-state index contributed by atoms with van der Waals surface area (Å²) < 4.78 is 13.1. The molecule has 2 aromatic carbocycles. The van der Waals surface area contributed by atoms with E-state index in [0.717, 1.165) is 5.56 Å². The molecule has 19 heavy (non-hydrogen) atoms. The predicted molar refractivity (Wildman–Crippen MR) is 77.3 cm³/mol. The maximum absolute atomic E-state index is 13.1. The van der Waals surface area contributed by atoms with E-state index in [1.54, 1.807) is 12.1 Å². The van der Waals surface area contributed by atoms with Crippen molar-refractivity contribution in [3.63, 3.8) is 0 Å². The molecular weight excluding hydrogens is 237 g/mol. The van der Waals surface area contributed by atoms with Crippen molar-refractivity contribution in [1.82, 2.24) is 5.32 Å². The number of benzene rings is 2. The smallest absolute Gasteiger partial charge is 0.123 e. The quantitative estimate of drug-likeness (QED) is 0.841. The highest BCUT2D eigenvalue weighted by molar-refractivity contribution is 5.21. The first-order valence-corrected chi connectivity index (χ1v) is 6.69. The van der Waals surface area contributed by atoms with Crippen molar-refractivity contribution in [3.05, 3.63) is 71.5 Å². The normalized spacial score (nSPS) is 12.6. The minimum Gasteiger partial charge on any atom is -0.306 e. The molecule has 0 saturated heterocycles. The molecule has 1 nitrogen and oxygen atoms in total. The van der Waals surface area contributed by atoms with Crippen molar-refractivity contribution in [2.45, 2.75) is 26.4 Å². The van der Waals surface area contributed by atoms with Crippen molar-refractivity contribution in [1.29, 1.82) is 0 Å². The molecule has 0 aliphatic carbocycles. The zero-order valence-electron chi connectivity index (χ0n) is 11.4. The molecule has 100 valence electrons. The highest BCUT2D eigenvalue weighted by Gasteiger charge is 2.14. The van der Waals surface area contributed by atoms with Crippen LogP contribution in [-0.2, 0) is 6.54 Å². The maximum Gasteiger partial charge on any atom is 0.123 e. The van der Waals surface area contributed by atoms with Gasteiger partial charge < -0.3 is 5.32 Å². The van der Waals surface area contributed by atoms with Crippen LogP contribution in [0, 0.1) is 11.7 Å². The first kappa shape index (κ1) is 13.8. The molecule has 2 heteroatoms. The average molecular weight is 257 g/mol. The van der Waals surface area contributed by atoms with Gasteiger partial charge in [0.25, 0.3) is 0 Å². The molecule has 0 heterocycles. The highest BCUT2D eigenvalue weighted by Crippen LogP contribution is 2.21. The van der Waals surface area contributed by atoms with Crippen molar-refractivity contribution < 1.29 is 4.39 Å². The molecule has 0 saturated carbocycles. The Bertz CT molecular complexity index is 508. The molecule has 0 aliphatic heterocycles. The predicted octanol–water partition coefficient (Wildman–Crippen LogP) is 4.31. The average Bonchev–Trinajstić information content (AvgIpc) is 2.40. The molecule has 0 radical (unpaired) electrons. The fourth-order valence-electron chi connectivity index (χ4n) is 2.27. The summed E-state index contributed by atoms with van der Waals surface area (Å²) in [5.41, 5.74) is 2.25. The molecule has 0 amide bonds. The topological polar surface area (TPSA) is 12.0 Å². The van der Waals surface area contributed by atoms with Crippen LogP contribution in [-0.4, -0.2) is 0 Å². The summed E-state index contributed by atoms with van der Waals surface area (Å²) >= 11 is 0. The monoisotopic (exact) mass is 257 g/mol. The summed E-state index contributed by atoms with van der Waals surface area (Å²) in [5, 5.41) is 3.51. The Balaban J connectivity index is 2.06. The van der Waals surface area contributed by atoms with Gasteiger partial charge in [0.2, 0.25) is 0 Å². The summed E-state index contributed by atoms with van der Waals surface area (Å²) in [5.74, 6) is 0.302. The van der Waals surface area contributed by atoms with E-state index in [-0.39, 0.29) is 11.9 Å². The van der Waals surface area contributed by atoms with Crippen LogP contribution >= 0.6 is 0 Å². The van der Waals surface area contributed by atoms with Crippen LogP contribution in [0.25, 0.3) is 0 Å². The van der Waals surface area contributed by atoms with Crippen LogP contribution in [0.3, 0.4) is 0 Å². The fourth-order valence-corrected chi connectivity index (χ4v) is 2.27. The Hall–Kier alpha value is -1.67. The third-order valence-electron chi connectivity index (χ3n) is 3.24. The van der Waals surface area contributed by atoms with Gasteiger partial charge in [0, 0.05) is 12.6 Å². The molecule has 0 fully saturated rings. The van der Waals surface area contributed by atoms with Gasteiger partial charge in [0.1, 0.15) is 5.82 Å². The lowest BCUT2D eigenvalue weighted by Crippen LogP contribution is -2.25. The zero-order chi connectivity index (χ0) is 13.7. The first-order chi connectivity index (χ1) is 9.16. The Labute approximate surface area is 114 Å². The summed E-state index contributed by atoms with van der Waals surface area (Å²) in [6, 6.07) is 17.4. The van der Waals surface area contributed by atoms with E-state index < -0.39 is 0 Å². The van der Waals surface area contributed by atoms with E-state index in [2.05, 4.69) is 43.4 Å². The van der Waals surface area contributed by atoms with Gasteiger partial charge in [-0.3, -0.25) is 0 Å². The van der Waals surface area contributed by atoms with Gasteiger partial charge in [-0.15, -0.1) is 0 Å². The molecule has 0 bridgehead atoms. The summed E-state index contributed by atoms with van der Waals surface area (Å²) in [7, 11) is 0. The van der Waals surface area contributed by atoms with Gasteiger partial charge in [-0.1, -0.05) is 56.3 Å². The van der Waals surface area contributed by atoms with Crippen LogP contribution in [0.1, 0.15) is 31.0 Å². The Morgan fingerprint density at radius 3 is 2.37 bits per heavy atom. The minimum atomic E-state index is -0.180. The lowest BCUT2D eigenvalue weighted by atomic mass is 9.96. The second kappa shape index (κ2) is 6.48. The summed E-state index contributed by atoms with van der Waals surface area (Å²) in [6.45, 7) is 5.06. The van der Waals surface area contributed by atoms with E-state index in [4.69, 9.17) is 0 Å². The number of hydrogen-bond acceptors (Lipinski definition) is 1. The number of rotatable bonds is 5. The van der Waals surface area contributed by atoms with Crippen molar-refractivity contribution in [3.8, 4) is 0 Å². The molecule has 0 spiro atoms. The third-order valence-corrected chi connectivity index (χ3v) is 3.24. The molecule has 1 atom stereocenters. The van der Waals surface area contributed by atoms with Gasteiger partial charge in [-0.05, 0) is 29.2 Å². The van der Waals surface area contributed by atoms with Gasteiger partial charge >= 0.3 is 0 Å². The molecular formula is C17H20FN. The van der Waals surface area contributed by atoms with Crippen molar-refractivity contribution in [2.24, 2.45) is 5.92 Å².